The van der Waals surface area contributed by atoms with Gasteiger partial charge in [0.25, 0.3) is 0 Å². The molecule has 6 fully saturated rings. The maximum Gasteiger partial charge on any atom is 0.333 e. The summed E-state index contributed by atoms with van der Waals surface area (Å²) in [6.07, 6.45) is 31.4. The normalized spacial score (nSPS) is 20.7. The predicted octanol–water partition coefficient (Wildman–Crippen LogP) is 8.82. The Bertz CT molecular complexity index is 1480. The van der Waals surface area contributed by atoms with Crippen LogP contribution in [0.1, 0.15) is 212 Å². The van der Waals surface area contributed by atoms with Crippen molar-refractivity contribution in [2.24, 2.45) is 0 Å². The highest BCUT2D eigenvalue weighted by Gasteiger charge is 2.39. The van der Waals surface area contributed by atoms with Gasteiger partial charge in [0.05, 0.1) is 26.2 Å². The predicted molar refractivity (Wildman–Crippen MR) is 271 cm³/mol. The quantitative estimate of drug-likeness (QED) is 0.0499. The molecule has 0 aromatic rings. The smallest absolute Gasteiger partial charge is 0.333 e. The van der Waals surface area contributed by atoms with Gasteiger partial charge in [0.2, 0.25) is 23.6 Å². The van der Waals surface area contributed by atoms with Crippen molar-refractivity contribution in [1.29, 1.82) is 0 Å². The number of nitrogens with one attached hydrogen (secondary N) is 1. The van der Waals surface area contributed by atoms with Crippen LogP contribution in [-0.4, -0.2) is 145 Å². The van der Waals surface area contributed by atoms with E-state index in [0.29, 0.717) is 0 Å². The molecule has 0 spiro atoms. The number of hydrogen-bond donors (Lipinski definition) is 1. The molecule has 402 valence electrons. The first kappa shape index (κ1) is 56.7. The number of carbonyl (C=O) groups excluding carboxylic acids is 6. The summed E-state index contributed by atoms with van der Waals surface area (Å²) in [5.41, 5.74) is -1.21. The first-order valence-corrected chi connectivity index (χ1v) is 28.5. The van der Waals surface area contributed by atoms with Crippen LogP contribution in [-0.2, 0) is 52.5 Å². The van der Waals surface area contributed by atoms with Crippen LogP contribution < -0.4 is 5.32 Å². The SMILES string of the molecule is C=C(C)C(=O)OCCOC(=O)CCC(=O)NC(COCC(=O)N(C1CCCCC1)C1CCCCC1)(COCC(=O)N(C1CCCCC1)C1CCCCC1)COCC(=O)N(C1CCCCC1)C1CCCCC1. The summed E-state index contributed by atoms with van der Waals surface area (Å²) in [7, 11) is 0. The third kappa shape index (κ3) is 18.4. The molecule has 71 heavy (non-hydrogen) atoms. The zero-order chi connectivity index (χ0) is 50.3. The molecular formula is C56H92N4O11. The van der Waals surface area contributed by atoms with Crippen LogP contribution in [0, 0.1) is 0 Å². The van der Waals surface area contributed by atoms with Crippen LogP contribution in [0.2, 0.25) is 0 Å². The molecule has 0 atom stereocenters. The molecule has 0 radical (unpaired) electrons. The van der Waals surface area contributed by atoms with Gasteiger partial charge in [-0.1, -0.05) is 122 Å². The minimum atomic E-state index is -1.44. The number of amides is 4. The average Bonchev–Trinajstić information content (AvgIpc) is 3.39. The molecule has 0 aliphatic heterocycles. The van der Waals surface area contributed by atoms with Crippen molar-refractivity contribution in [3.05, 3.63) is 12.2 Å². The van der Waals surface area contributed by atoms with E-state index in [1.807, 2.05) is 0 Å². The van der Waals surface area contributed by atoms with E-state index in [2.05, 4.69) is 26.6 Å². The second kappa shape index (κ2) is 30.6. The number of nitrogens with zero attached hydrogens (tertiary/aromatic N) is 3. The van der Waals surface area contributed by atoms with Gasteiger partial charge in [-0.05, 0) is 84.0 Å². The number of carbonyl (C=O) groups is 6. The van der Waals surface area contributed by atoms with Crippen LogP contribution in [0.4, 0.5) is 0 Å². The summed E-state index contributed by atoms with van der Waals surface area (Å²) in [6, 6.07) is 1.01. The van der Waals surface area contributed by atoms with Gasteiger partial charge in [0, 0.05) is 48.2 Å². The van der Waals surface area contributed by atoms with E-state index in [0.717, 1.165) is 154 Å². The summed E-state index contributed by atoms with van der Waals surface area (Å²) >= 11 is 0. The fourth-order valence-corrected chi connectivity index (χ4v) is 12.8. The molecule has 6 rings (SSSR count). The topological polar surface area (TPSA) is 170 Å². The number of esters is 2. The molecule has 15 heteroatoms. The van der Waals surface area contributed by atoms with E-state index in [1.54, 1.807) is 0 Å². The Labute approximate surface area is 425 Å². The Morgan fingerprint density at radius 2 is 0.718 bits per heavy atom. The maximum absolute atomic E-state index is 14.4. The molecule has 0 aromatic carbocycles. The summed E-state index contributed by atoms with van der Waals surface area (Å²) in [5, 5.41) is 3.09. The van der Waals surface area contributed by atoms with E-state index in [1.165, 1.54) is 45.4 Å². The average molecular weight is 997 g/mol. The van der Waals surface area contributed by atoms with E-state index in [9.17, 15) is 28.8 Å². The molecule has 6 saturated carbocycles. The standard InChI is InChI=1S/C56H92N4O11/c1-43(2)55(66)71-36-35-70-54(65)34-33-50(61)57-56(40-67-37-51(62)58(44-21-9-3-10-22-44)45-23-11-4-12-24-45,41-68-38-52(63)59(46-25-13-5-14-26-46)47-27-15-6-16-28-47)42-69-39-53(64)60(48-29-17-7-18-30-48)49-31-19-8-20-32-49/h44-49H,1,3-42H2,2H3,(H,57,61). The second-order valence-electron chi connectivity index (χ2n) is 22.1. The summed E-state index contributed by atoms with van der Waals surface area (Å²) < 4.78 is 29.6. The van der Waals surface area contributed by atoms with Crippen molar-refractivity contribution in [1.82, 2.24) is 20.0 Å². The molecule has 0 heterocycles. The molecule has 4 amide bonds. The van der Waals surface area contributed by atoms with Crippen molar-refractivity contribution in [2.75, 3.05) is 52.9 Å². The lowest BCUT2D eigenvalue weighted by Crippen LogP contribution is -2.60. The first-order valence-electron chi connectivity index (χ1n) is 28.5. The van der Waals surface area contributed by atoms with Gasteiger partial charge >= 0.3 is 11.9 Å². The van der Waals surface area contributed by atoms with Gasteiger partial charge < -0.3 is 43.7 Å². The monoisotopic (exact) mass is 997 g/mol. The van der Waals surface area contributed by atoms with Gasteiger partial charge in [0.15, 0.2) is 0 Å². The van der Waals surface area contributed by atoms with Gasteiger partial charge in [-0.25, -0.2) is 4.79 Å². The van der Waals surface area contributed by atoms with E-state index >= 15 is 0 Å². The molecular weight excluding hydrogens is 905 g/mol. The summed E-state index contributed by atoms with van der Waals surface area (Å²) in [4.78, 5) is 88.4. The number of rotatable bonds is 26. The Balaban J connectivity index is 1.21. The van der Waals surface area contributed by atoms with Crippen molar-refractivity contribution >= 4 is 35.6 Å². The van der Waals surface area contributed by atoms with E-state index < -0.39 is 23.4 Å². The third-order valence-corrected chi connectivity index (χ3v) is 16.4. The molecule has 6 aliphatic carbocycles. The van der Waals surface area contributed by atoms with Gasteiger partial charge in [0.1, 0.15) is 38.6 Å². The number of ether oxygens (including phenoxy) is 5. The van der Waals surface area contributed by atoms with Crippen molar-refractivity contribution < 1.29 is 52.5 Å². The third-order valence-electron chi connectivity index (χ3n) is 16.4. The largest absolute Gasteiger partial charge is 0.462 e. The van der Waals surface area contributed by atoms with Crippen molar-refractivity contribution in [3.63, 3.8) is 0 Å². The Morgan fingerprint density at radius 1 is 0.437 bits per heavy atom. The lowest BCUT2D eigenvalue weighted by atomic mass is 9.88. The summed E-state index contributed by atoms with van der Waals surface area (Å²) in [6.45, 7) is 3.55. The Hall–Kier alpha value is -3.56. The fraction of sp³-hybridized carbons (Fsp3) is 0.857. The van der Waals surface area contributed by atoms with Crippen molar-refractivity contribution in [2.45, 2.75) is 254 Å². The van der Waals surface area contributed by atoms with Crippen LogP contribution in [0.5, 0.6) is 0 Å². The molecule has 15 nitrogen and oxygen atoms in total. The highest BCUT2D eigenvalue weighted by Crippen LogP contribution is 2.34. The Morgan fingerprint density at radius 3 is 1.00 bits per heavy atom. The fourth-order valence-electron chi connectivity index (χ4n) is 12.8. The zero-order valence-corrected chi connectivity index (χ0v) is 43.8. The summed E-state index contributed by atoms with van der Waals surface area (Å²) in [5.74, 6) is -1.96. The highest BCUT2D eigenvalue weighted by atomic mass is 16.6. The molecule has 6 aliphatic rings. The van der Waals surface area contributed by atoms with Gasteiger partial charge in [-0.15, -0.1) is 0 Å². The molecule has 0 saturated heterocycles. The van der Waals surface area contributed by atoms with Crippen LogP contribution in [0.15, 0.2) is 12.2 Å². The Kier molecular flexibility index (Phi) is 24.4. The van der Waals surface area contributed by atoms with Crippen molar-refractivity contribution in [3.8, 4) is 0 Å². The van der Waals surface area contributed by atoms with Crippen LogP contribution in [0.3, 0.4) is 0 Å². The highest BCUT2D eigenvalue weighted by molar-refractivity contribution is 5.87. The molecule has 0 bridgehead atoms. The van der Waals surface area contributed by atoms with E-state index in [-0.39, 0.29) is 125 Å². The second-order valence-corrected chi connectivity index (χ2v) is 22.1. The molecule has 1 N–H and O–H groups in total. The molecule has 0 unspecified atom stereocenters. The minimum Gasteiger partial charge on any atom is -0.462 e. The molecule has 0 aromatic heterocycles. The maximum atomic E-state index is 14.4. The van der Waals surface area contributed by atoms with Crippen LogP contribution >= 0.6 is 0 Å². The van der Waals surface area contributed by atoms with Gasteiger partial charge in [-0.3, -0.25) is 24.0 Å². The number of hydrogen-bond acceptors (Lipinski definition) is 11. The lowest BCUT2D eigenvalue weighted by Gasteiger charge is -2.42. The van der Waals surface area contributed by atoms with Crippen LogP contribution in [0.25, 0.3) is 0 Å². The van der Waals surface area contributed by atoms with E-state index in [4.69, 9.17) is 23.7 Å². The lowest BCUT2D eigenvalue weighted by molar-refractivity contribution is -0.151. The van der Waals surface area contributed by atoms with Gasteiger partial charge in [-0.2, -0.15) is 0 Å². The minimum absolute atomic E-state index is 0.0703. The zero-order valence-electron chi connectivity index (χ0n) is 43.8. The first-order chi connectivity index (χ1) is 34.5.